The van der Waals surface area contributed by atoms with E-state index in [1.165, 1.54) is 12.1 Å². The van der Waals surface area contributed by atoms with Gasteiger partial charge in [-0.2, -0.15) is 0 Å². The maximum atomic E-state index is 13.6. The molecule has 0 amide bonds. The Bertz CT molecular complexity index is 530. The molecule has 0 aliphatic rings. The molecule has 1 aromatic rings. The number of benzene rings is 1. The topological polar surface area (TPSA) is 46.2 Å². The number of hydrogen-bond donors (Lipinski definition) is 1. The Hall–Kier alpha value is -0.780. The first-order chi connectivity index (χ1) is 9.12. The number of carbonyl (C=O) groups is 1. The Labute approximate surface area is 126 Å². The lowest BCUT2D eigenvalue weighted by Gasteiger charge is -2.33. The van der Waals surface area contributed by atoms with E-state index in [4.69, 9.17) is 11.6 Å². The van der Waals surface area contributed by atoms with E-state index in [0.717, 1.165) is 0 Å². The SMILES string of the molecule is CC(C)(C)[S@@](=O)N[C@@](C)(CC=O)c1cccc(F)c1Cl. The standard InChI is InChI=1S/C14H19ClFNO2S/c1-13(2,3)20(19)17-14(4,8-9-18)10-6-5-7-11(16)12(10)15/h5-7,9,17H,8H2,1-4H3/t14-,20+/m0/s1. The van der Waals surface area contributed by atoms with E-state index in [9.17, 15) is 13.4 Å². The van der Waals surface area contributed by atoms with Gasteiger partial charge in [0.05, 0.1) is 26.3 Å². The first-order valence-corrected chi connectivity index (χ1v) is 7.72. The maximum absolute atomic E-state index is 13.6. The molecule has 0 heterocycles. The fourth-order valence-corrected chi connectivity index (χ4v) is 2.90. The number of carbonyl (C=O) groups excluding carboxylic acids is 1. The Balaban J connectivity index is 3.24. The lowest BCUT2D eigenvalue weighted by molar-refractivity contribution is -0.108. The summed E-state index contributed by atoms with van der Waals surface area (Å²) in [7, 11) is -1.41. The average Bonchev–Trinajstić information content (AvgIpc) is 2.31. The largest absolute Gasteiger partial charge is 0.303 e. The van der Waals surface area contributed by atoms with Crippen molar-refractivity contribution in [2.75, 3.05) is 0 Å². The Morgan fingerprint density at radius 3 is 2.45 bits per heavy atom. The molecule has 0 radical (unpaired) electrons. The number of nitrogens with one attached hydrogen (secondary N) is 1. The van der Waals surface area contributed by atoms with Crippen LogP contribution in [-0.4, -0.2) is 15.2 Å². The van der Waals surface area contributed by atoms with E-state index >= 15 is 0 Å². The molecule has 0 bridgehead atoms. The zero-order valence-corrected chi connectivity index (χ0v) is 13.6. The monoisotopic (exact) mass is 319 g/mol. The minimum absolute atomic E-state index is 0.0397. The molecule has 1 aromatic carbocycles. The van der Waals surface area contributed by atoms with Crippen molar-refractivity contribution in [3.63, 3.8) is 0 Å². The summed E-state index contributed by atoms with van der Waals surface area (Å²) in [5.74, 6) is -0.565. The minimum atomic E-state index is -1.41. The van der Waals surface area contributed by atoms with E-state index in [2.05, 4.69) is 4.72 Å². The van der Waals surface area contributed by atoms with Crippen LogP contribution in [0.25, 0.3) is 0 Å². The second-order valence-corrected chi connectivity index (χ2v) is 8.13. The number of rotatable bonds is 5. The van der Waals surface area contributed by atoms with Gasteiger partial charge in [-0.15, -0.1) is 0 Å². The molecular formula is C14H19ClFNO2S. The maximum Gasteiger partial charge on any atom is 0.142 e. The van der Waals surface area contributed by atoms with Crippen LogP contribution in [0, 0.1) is 5.82 Å². The van der Waals surface area contributed by atoms with Crippen molar-refractivity contribution in [2.24, 2.45) is 0 Å². The Morgan fingerprint density at radius 2 is 1.95 bits per heavy atom. The molecule has 0 fully saturated rings. The van der Waals surface area contributed by atoms with Crippen molar-refractivity contribution >= 4 is 28.9 Å². The Kier molecular flexibility index (Phi) is 5.46. The van der Waals surface area contributed by atoms with Gasteiger partial charge in [0.2, 0.25) is 0 Å². The van der Waals surface area contributed by atoms with Crippen LogP contribution >= 0.6 is 11.6 Å². The molecule has 0 saturated carbocycles. The van der Waals surface area contributed by atoms with Gasteiger partial charge >= 0.3 is 0 Å². The second-order valence-electron chi connectivity index (χ2n) is 5.79. The van der Waals surface area contributed by atoms with Gasteiger partial charge in [-0.1, -0.05) is 23.7 Å². The fourth-order valence-electron chi connectivity index (χ4n) is 1.66. The van der Waals surface area contributed by atoms with Crippen LogP contribution in [0.3, 0.4) is 0 Å². The predicted octanol–water partition coefficient (Wildman–Crippen LogP) is 3.34. The van der Waals surface area contributed by atoms with Crippen LogP contribution in [-0.2, 0) is 21.3 Å². The summed E-state index contributed by atoms with van der Waals surface area (Å²) in [4.78, 5) is 10.9. The summed E-state index contributed by atoms with van der Waals surface area (Å²) in [6.07, 6.45) is 0.742. The van der Waals surface area contributed by atoms with Crippen LogP contribution in [0.2, 0.25) is 5.02 Å². The van der Waals surface area contributed by atoms with Crippen molar-refractivity contribution in [1.82, 2.24) is 4.72 Å². The van der Waals surface area contributed by atoms with Crippen LogP contribution < -0.4 is 4.72 Å². The summed E-state index contributed by atoms with van der Waals surface area (Å²) >= 11 is 5.98. The number of aldehydes is 1. The highest BCUT2D eigenvalue weighted by Gasteiger charge is 2.34. The molecular weight excluding hydrogens is 301 g/mol. The molecule has 0 saturated heterocycles. The van der Waals surface area contributed by atoms with Gasteiger partial charge in [-0.25, -0.2) is 13.3 Å². The van der Waals surface area contributed by atoms with E-state index in [1.807, 2.05) is 20.8 Å². The van der Waals surface area contributed by atoms with Gasteiger partial charge in [0.1, 0.15) is 12.1 Å². The van der Waals surface area contributed by atoms with Gasteiger partial charge in [-0.05, 0) is 39.3 Å². The first-order valence-electron chi connectivity index (χ1n) is 6.19. The highest BCUT2D eigenvalue weighted by atomic mass is 35.5. The van der Waals surface area contributed by atoms with Gasteiger partial charge in [-0.3, -0.25) is 0 Å². The summed E-state index contributed by atoms with van der Waals surface area (Å²) in [6.45, 7) is 7.12. The van der Waals surface area contributed by atoms with Crippen molar-refractivity contribution in [2.45, 2.75) is 44.4 Å². The molecule has 0 aliphatic carbocycles. The summed E-state index contributed by atoms with van der Waals surface area (Å²) < 4.78 is 28.3. The smallest absolute Gasteiger partial charge is 0.142 e. The van der Waals surface area contributed by atoms with Crippen LogP contribution in [0.1, 0.15) is 39.7 Å². The fraction of sp³-hybridized carbons (Fsp3) is 0.500. The second kappa shape index (κ2) is 6.33. The zero-order valence-electron chi connectivity index (χ0n) is 12.0. The first kappa shape index (κ1) is 17.3. The summed E-state index contributed by atoms with van der Waals surface area (Å²) in [6, 6.07) is 4.39. The van der Waals surface area contributed by atoms with Crippen molar-refractivity contribution in [3.05, 3.63) is 34.6 Å². The molecule has 0 aromatic heterocycles. The normalized spacial score (nSPS) is 16.5. The van der Waals surface area contributed by atoms with Crippen molar-refractivity contribution in [3.8, 4) is 0 Å². The third kappa shape index (κ3) is 3.87. The van der Waals surface area contributed by atoms with Crippen molar-refractivity contribution in [1.29, 1.82) is 0 Å². The third-order valence-electron chi connectivity index (χ3n) is 2.91. The van der Waals surface area contributed by atoms with Gasteiger partial charge in [0, 0.05) is 6.42 Å². The predicted molar refractivity (Wildman–Crippen MR) is 80.5 cm³/mol. The molecule has 0 spiro atoms. The van der Waals surface area contributed by atoms with Gasteiger partial charge in [0.25, 0.3) is 0 Å². The quantitative estimate of drug-likeness (QED) is 0.846. The molecule has 112 valence electrons. The average molecular weight is 320 g/mol. The van der Waals surface area contributed by atoms with E-state index in [-0.39, 0.29) is 11.4 Å². The molecule has 20 heavy (non-hydrogen) atoms. The highest BCUT2D eigenvalue weighted by Crippen LogP contribution is 2.33. The number of hydrogen-bond acceptors (Lipinski definition) is 2. The highest BCUT2D eigenvalue weighted by molar-refractivity contribution is 7.84. The molecule has 2 atom stereocenters. The molecule has 3 nitrogen and oxygen atoms in total. The molecule has 1 N–H and O–H groups in total. The van der Waals surface area contributed by atoms with E-state index in [1.54, 1.807) is 13.0 Å². The third-order valence-corrected chi connectivity index (χ3v) is 5.04. The lowest BCUT2D eigenvalue weighted by Crippen LogP contribution is -2.46. The minimum Gasteiger partial charge on any atom is -0.303 e. The summed E-state index contributed by atoms with van der Waals surface area (Å²) in [5, 5.41) is -0.0599. The molecule has 0 aliphatic heterocycles. The van der Waals surface area contributed by atoms with E-state index in [0.29, 0.717) is 11.8 Å². The number of halogens is 2. The van der Waals surface area contributed by atoms with E-state index < -0.39 is 27.1 Å². The summed E-state index contributed by atoms with van der Waals surface area (Å²) in [5.41, 5.74) is -0.567. The van der Waals surface area contributed by atoms with Crippen LogP contribution in [0.4, 0.5) is 4.39 Å². The van der Waals surface area contributed by atoms with Crippen molar-refractivity contribution < 1.29 is 13.4 Å². The van der Waals surface area contributed by atoms with Crippen LogP contribution in [0.5, 0.6) is 0 Å². The lowest BCUT2D eigenvalue weighted by atomic mass is 9.90. The van der Waals surface area contributed by atoms with Crippen LogP contribution in [0.15, 0.2) is 18.2 Å². The molecule has 0 unspecified atom stereocenters. The van der Waals surface area contributed by atoms with Gasteiger partial charge < -0.3 is 4.79 Å². The Morgan fingerprint density at radius 1 is 1.35 bits per heavy atom. The van der Waals surface area contributed by atoms with Gasteiger partial charge in [0.15, 0.2) is 0 Å². The molecule has 1 rings (SSSR count). The molecule has 6 heteroatoms. The zero-order chi connectivity index (χ0) is 15.6.